The third-order valence-electron chi connectivity index (χ3n) is 5.93. The molecule has 172 valence electrons. The highest BCUT2D eigenvalue weighted by atomic mass is 16.3. The van der Waals surface area contributed by atoms with Gasteiger partial charge in [0.05, 0.1) is 19.1 Å². The molecule has 1 unspecified atom stereocenters. The number of furan rings is 2. The smallest absolute Gasteiger partial charge is 0.289 e. The molecule has 2 aromatic heterocycles. The number of benzene rings is 1. The van der Waals surface area contributed by atoms with Crippen molar-refractivity contribution < 1.29 is 23.2 Å². The summed E-state index contributed by atoms with van der Waals surface area (Å²) < 4.78 is 10.5. The number of rotatable bonds is 7. The van der Waals surface area contributed by atoms with Crippen molar-refractivity contribution in [3.63, 3.8) is 0 Å². The predicted molar refractivity (Wildman–Crippen MR) is 120 cm³/mol. The van der Waals surface area contributed by atoms with Crippen molar-refractivity contribution in [1.29, 1.82) is 0 Å². The van der Waals surface area contributed by atoms with Gasteiger partial charge in [-0.1, -0.05) is 17.7 Å². The SMILES string of the molecule is Cc1ccc(C(=O)NC(C(=O)NCc2ccco2)C2CCN(C(=O)c3ccco3)CC2)cc1. The van der Waals surface area contributed by atoms with E-state index in [1.165, 1.54) is 6.26 Å². The monoisotopic (exact) mass is 449 g/mol. The van der Waals surface area contributed by atoms with Crippen molar-refractivity contribution in [2.24, 2.45) is 5.92 Å². The summed E-state index contributed by atoms with van der Waals surface area (Å²) in [6.07, 6.45) is 4.18. The Morgan fingerprint density at radius 3 is 2.33 bits per heavy atom. The normalized spacial score (nSPS) is 15.1. The van der Waals surface area contributed by atoms with E-state index in [-0.39, 0.29) is 30.2 Å². The van der Waals surface area contributed by atoms with Crippen LogP contribution in [0.25, 0.3) is 0 Å². The molecule has 33 heavy (non-hydrogen) atoms. The number of nitrogens with one attached hydrogen (secondary N) is 2. The number of carbonyl (C=O) groups excluding carboxylic acids is 3. The lowest BCUT2D eigenvalue weighted by atomic mass is 9.88. The standard InChI is InChI=1S/C25H27N3O5/c1-17-6-8-19(9-7-17)23(29)27-22(24(30)26-16-20-4-2-14-32-20)18-10-12-28(13-11-18)25(31)21-5-3-15-33-21/h2-9,14-15,18,22H,10-13,16H2,1H3,(H,26,30)(H,27,29). The molecule has 1 atom stereocenters. The third-order valence-corrected chi connectivity index (χ3v) is 5.93. The van der Waals surface area contributed by atoms with Gasteiger partial charge in [0.25, 0.3) is 11.8 Å². The van der Waals surface area contributed by atoms with Gasteiger partial charge >= 0.3 is 0 Å². The third kappa shape index (κ3) is 5.52. The summed E-state index contributed by atoms with van der Waals surface area (Å²) in [6, 6.07) is 13.3. The second kappa shape index (κ2) is 10.2. The Balaban J connectivity index is 1.43. The molecular weight excluding hydrogens is 422 g/mol. The quantitative estimate of drug-likeness (QED) is 0.577. The Hall–Kier alpha value is -3.81. The summed E-state index contributed by atoms with van der Waals surface area (Å²) in [5.74, 6) is 0.0715. The molecular formula is C25H27N3O5. The maximum absolute atomic E-state index is 13.1. The van der Waals surface area contributed by atoms with Crippen molar-refractivity contribution in [2.75, 3.05) is 13.1 Å². The van der Waals surface area contributed by atoms with E-state index < -0.39 is 6.04 Å². The van der Waals surface area contributed by atoms with E-state index in [9.17, 15) is 14.4 Å². The van der Waals surface area contributed by atoms with E-state index in [0.717, 1.165) is 5.56 Å². The van der Waals surface area contributed by atoms with Gasteiger partial charge < -0.3 is 24.4 Å². The number of hydrogen-bond donors (Lipinski definition) is 2. The van der Waals surface area contributed by atoms with Gasteiger partial charge in [-0.05, 0) is 62.1 Å². The molecule has 3 amide bonds. The van der Waals surface area contributed by atoms with Gasteiger partial charge in [0.15, 0.2) is 5.76 Å². The highest BCUT2D eigenvalue weighted by Crippen LogP contribution is 2.23. The lowest BCUT2D eigenvalue weighted by Gasteiger charge is -2.35. The molecule has 1 fully saturated rings. The number of aryl methyl sites for hydroxylation is 1. The first kappa shape index (κ1) is 22.4. The molecule has 3 heterocycles. The summed E-state index contributed by atoms with van der Waals surface area (Å²) in [4.78, 5) is 40.3. The van der Waals surface area contributed by atoms with E-state index in [4.69, 9.17) is 8.83 Å². The molecule has 0 spiro atoms. The van der Waals surface area contributed by atoms with Gasteiger partial charge in [-0.15, -0.1) is 0 Å². The van der Waals surface area contributed by atoms with Gasteiger partial charge in [0.2, 0.25) is 5.91 Å². The largest absolute Gasteiger partial charge is 0.467 e. The molecule has 1 saturated heterocycles. The van der Waals surface area contributed by atoms with E-state index >= 15 is 0 Å². The van der Waals surface area contributed by atoms with Crippen LogP contribution in [0.15, 0.2) is 69.9 Å². The summed E-state index contributed by atoms with van der Waals surface area (Å²) in [7, 11) is 0. The molecule has 0 radical (unpaired) electrons. The van der Waals surface area contributed by atoms with Crippen molar-refractivity contribution in [1.82, 2.24) is 15.5 Å². The number of amides is 3. The molecule has 1 aliphatic rings. The van der Waals surface area contributed by atoms with Crippen LogP contribution in [0.4, 0.5) is 0 Å². The summed E-state index contributed by atoms with van der Waals surface area (Å²) in [5.41, 5.74) is 1.54. The molecule has 0 aliphatic carbocycles. The Kier molecular flexibility index (Phi) is 6.92. The zero-order valence-corrected chi connectivity index (χ0v) is 18.5. The Bertz CT molecular complexity index is 1070. The molecule has 2 N–H and O–H groups in total. The highest BCUT2D eigenvalue weighted by Gasteiger charge is 2.34. The second-order valence-corrected chi connectivity index (χ2v) is 8.22. The lowest BCUT2D eigenvalue weighted by Crippen LogP contribution is -2.53. The van der Waals surface area contributed by atoms with Crippen molar-refractivity contribution in [2.45, 2.75) is 32.4 Å². The maximum atomic E-state index is 13.1. The van der Waals surface area contributed by atoms with Crippen LogP contribution in [0.5, 0.6) is 0 Å². The Morgan fingerprint density at radius 2 is 1.70 bits per heavy atom. The van der Waals surface area contributed by atoms with Crippen LogP contribution in [-0.4, -0.2) is 41.8 Å². The van der Waals surface area contributed by atoms with Gasteiger partial charge in [-0.3, -0.25) is 14.4 Å². The fraction of sp³-hybridized carbons (Fsp3) is 0.320. The van der Waals surface area contributed by atoms with Crippen LogP contribution in [0.1, 0.15) is 45.1 Å². The fourth-order valence-corrected chi connectivity index (χ4v) is 4.02. The van der Waals surface area contributed by atoms with Crippen LogP contribution in [-0.2, 0) is 11.3 Å². The fourth-order valence-electron chi connectivity index (χ4n) is 4.02. The van der Waals surface area contributed by atoms with Crippen molar-refractivity contribution in [3.8, 4) is 0 Å². The van der Waals surface area contributed by atoms with Gasteiger partial charge in [-0.25, -0.2) is 0 Å². The molecule has 1 aromatic carbocycles. The summed E-state index contributed by atoms with van der Waals surface area (Å²) >= 11 is 0. The number of nitrogens with zero attached hydrogens (tertiary/aromatic N) is 1. The van der Waals surface area contributed by atoms with E-state index in [1.807, 2.05) is 19.1 Å². The van der Waals surface area contributed by atoms with Gasteiger partial charge in [-0.2, -0.15) is 0 Å². The molecule has 4 rings (SSSR count). The molecule has 8 heteroatoms. The molecule has 0 saturated carbocycles. The molecule has 8 nitrogen and oxygen atoms in total. The van der Waals surface area contributed by atoms with E-state index in [1.54, 1.807) is 47.6 Å². The topological polar surface area (TPSA) is 105 Å². The van der Waals surface area contributed by atoms with Crippen LogP contribution < -0.4 is 10.6 Å². The number of hydrogen-bond acceptors (Lipinski definition) is 5. The average molecular weight is 450 g/mol. The zero-order valence-electron chi connectivity index (χ0n) is 18.5. The minimum Gasteiger partial charge on any atom is -0.467 e. The molecule has 3 aromatic rings. The summed E-state index contributed by atoms with van der Waals surface area (Å²) in [6.45, 7) is 3.14. The van der Waals surface area contributed by atoms with Crippen molar-refractivity contribution in [3.05, 3.63) is 83.7 Å². The molecule has 1 aliphatic heterocycles. The van der Waals surface area contributed by atoms with Crippen LogP contribution >= 0.6 is 0 Å². The van der Waals surface area contributed by atoms with E-state index in [0.29, 0.717) is 43.0 Å². The van der Waals surface area contributed by atoms with Crippen LogP contribution in [0.2, 0.25) is 0 Å². The lowest BCUT2D eigenvalue weighted by molar-refractivity contribution is -0.124. The zero-order chi connectivity index (χ0) is 23.2. The van der Waals surface area contributed by atoms with E-state index in [2.05, 4.69) is 10.6 Å². The first-order valence-corrected chi connectivity index (χ1v) is 11.0. The molecule has 0 bridgehead atoms. The number of piperidine rings is 1. The van der Waals surface area contributed by atoms with Crippen molar-refractivity contribution >= 4 is 17.7 Å². The highest BCUT2D eigenvalue weighted by molar-refractivity contribution is 5.97. The predicted octanol–water partition coefficient (Wildman–Crippen LogP) is 3.15. The number of carbonyl (C=O) groups is 3. The van der Waals surface area contributed by atoms with Gasteiger partial charge in [0, 0.05) is 18.7 Å². The second-order valence-electron chi connectivity index (χ2n) is 8.22. The first-order valence-electron chi connectivity index (χ1n) is 11.0. The number of likely N-dealkylation sites (tertiary alicyclic amines) is 1. The summed E-state index contributed by atoms with van der Waals surface area (Å²) in [5, 5.41) is 5.78. The minimum atomic E-state index is -0.727. The Labute approximate surface area is 191 Å². The Morgan fingerprint density at radius 1 is 1.00 bits per heavy atom. The average Bonchev–Trinajstić information content (AvgIpc) is 3.56. The maximum Gasteiger partial charge on any atom is 0.289 e. The van der Waals surface area contributed by atoms with Crippen LogP contribution in [0, 0.1) is 12.8 Å². The van der Waals surface area contributed by atoms with Crippen LogP contribution in [0.3, 0.4) is 0 Å². The first-order chi connectivity index (χ1) is 16.0. The van der Waals surface area contributed by atoms with Gasteiger partial charge in [0.1, 0.15) is 11.8 Å². The minimum absolute atomic E-state index is 0.114.